The molecule has 3 saturated heterocycles. The van der Waals surface area contributed by atoms with Gasteiger partial charge in [0.25, 0.3) is 0 Å². The summed E-state index contributed by atoms with van der Waals surface area (Å²) in [5.74, 6) is 0.667. The molecular weight excluding hydrogens is 408 g/mol. The van der Waals surface area contributed by atoms with E-state index in [1.165, 1.54) is 12.8 Å². The third-order valence-electron chi connectivity index (χ3n) is 7.56. The van der Waals surface area contributed by atoms with Crippen LogP contribution >= 0.6 is 0 Å². The van der Waals surface area contributed by atoms with Gasteiger partial charge in [0, 0.05) is 31.5 Å². The van der Waals surface area contributed by atoms with Gasteiger partial charge in [-0.1, -0.05) is 38.8 Å². The number of hydrogen-bond acceptors (Lipinski definition) is 6. The second-order valence-corrected chi connectivity index (χ2v) is 10.1. The summed E-state index contributed by atoms with van der Waals surface area (Å²) in [6, 6.07) is 0. The van der Waals surface area contributed by atoms with Gasteiger partial charge >= 0.3 is 5.97 Å². The Morgan fingerprint density at radius 1 is 1.09 bits per heavy atom. The lowest BCUT2D eigenvalue weighted by atomic mass is 9.89. The molecule has 1 aliphatic carbocycles. The highest BCUT2D eigenvalue weighted by molar-refractivity contribution is 5.72. The molecule has 4 aliphatic rings. The van der Waals surface area contributed by atoms with Crippen LogP contribution in [0.25, 0.3) is 0 Å². The molecule has 0 spiro atoms. The van der Waals surface area contributed by atoms with E-state index in [-0.39, 0.29) is 48.7 Å². The van der Waals surface area contributed by atoms with E-state index < -0.39 is 0 Å². The number of unbranched alkanes of at least 4 members (excludes halogenated alkanes) is 1. The van der Waals surface area contributed by atoms with Crippen molar-refractivity contribution in [3.63, 3.8) is 0 Å². The minimum atomic E-state index is -0.134. The van der Waals surface area contributed by atoms with Gasteiger partial charge in [0.2, 0.25) is 0 Å². The van der Waals surface area contributed by atoms with Gasteiger partial charge < -0.3 is 23.7 Å². The van der Waals surface area contributed by atoms with Crippen molar-refractivity contribution < 1.29 is 28.5 Å². The smallest absolute Gasteiger partial charge is 0.306 e. The Kier molecular flexibility index (Phi) is 9.04. The number of rotatable bonds is 10. The van der Waals surface area contributed by atoms with Crippen LogP contribution in [0, 0.1) is 17.8 Å². The number of hydrogen-bond donors (Lipinski definition) is 0. The first-order valence-corrected chi connectivity index (χ1v) is 13.1. The summed E-state index contributed by atoms with van der Waals surface area (Å²) in [6.07, 6.45) is 15.4. The molecule has 0 aromatic heterocycles. The lowest BCUT2D eigenvalue weighted by Crippen LogP contribution is -2.32. The third-order valence-corrected chi connectivity index (χ3v) is 7.56. The molecule has 182 valence electrons. The zero-order chi connectivity index (χ0) is 22.3. The van der Waals surface area contributed by atoms with Crippen molar-refractivity contribution in [3.8, 4) is 0 Å². The van der Waals surface area contributed by atoms with Crippen molar-refractivity contribution in [1.82, 2.24) is 0 Å². The van der Waals surface area contributed by atoms with E-state index in [1.54, 1.807) is 0 Å². The molecule has 0 radical (unpaired) electrons. The fraction of sp³-hybridized carbons (Fsp3) is 0.885. The first-order valence-electron chi connectivity index (χ1n) is 13.1. The Morgan fingerprint density at radius 3 is 2.53 bits per heavy atom. The molecule has 0 bridgehead atoms. The van der Waals surface area contributed by atoms with E-state index in [0.29, 0.717) is 12.3 Å². The monoisotopic (exact) mass is 450 g/mol. The van der Waals surface area contributed by atoms with E-state index in [0.717, 1.165) is 64.6 Å². The van der Waals surface area contributed by atoms with Gasteiger partial charge in [-0.15, -0.1) is 0 Å². The summed E-state index contributed by atoms with van der Waals surface area (Å²) in [5.41, 5.74) is 0. The summed E-state index contributed by atoms with van der Waals surface area (Å²) in [6.45, 7) is 6.06. The molecule has 1 saturated carbocycles. The molecule has 4 rings (SSSR count). The van der Waals surface area contributed by atoms with Crippen molar-refractivity contribution in [1.29, 1.82) is 0 Å². The minimum absolute atomic E-state index is 0.00769. The topological polar surface area (TPSA) is 63.2 Å². The van der Waals surface area contributed by atoms with Gasteiger partial charge in [0.1, 0.15) is 6.10 Å². The van der Waals surface area contributed by atoms with Crippen LogP contribution in [-0.2, 0) is 28.5 Å². The van der Waals surface area contributed by atoms with Crippen molar-refractivity contribution in [3.05, 3.63) is 12.2 Å². The molecule has 0 N–H and O–H groups in total. The lowest BCUT2D eigenvalue weighted by Gasteiger charge is -2.31. The Bertz CT molecular complexity index is 609. The quantitative estimate of drug-likeness (QED) is 0.339. The minimum Gasteiger partial charge on any atom is -0.462 e. The van der Waals surface area contributed by atoms with Crippen LogP contribution in [0.15, 0.2) is 12.2 Å². The van der Waals surface area contributed by atoms with Crippen molar-refractivity contribution in [2.45, 2.75) is 115 Å². The molecule has 8 atom stereocenters. The number of ether oxygens (including phenoxy) is 5. The normalized spacial score (nSPS) is 37.4. The fourth-order valence-electron chi connectivity index (χ4n) is 5.61. The predicted octanol–water partition coefficient (Wildman–Crippen LogP) is 5.14. The maximum absolute atomic E-state index is 12.0. The number of carbonyl (C=O) groups is 1. The fourth-order valence-corrected chi connectivity index (χ4v) is 5.61. The summed E-state index contributed by atoms with van der Waals surface area (Å²) in [5, 5.41) is 0. The number of esters is 1. The molecule has 0 aromatic carbocycles. The molecule has 4 fully saturated rings. The first-order chi connectivity index (χ1) is 15.6. The predicted molar refractivity (Wildman–Crippen MR) is 121 cm³/mol. The molecule has 32 heavy (non-hydrogen) atoms. The second kappa shape index (κ2) is 12.0. The molecule has 0 aromatic rings. The van der Waals surface area contributed by atoms with E-state index >= 15 is 0 Å². The Balaban J connectivity index is 1.45. The van der Waals surface area contributed by atoms with E-state index in [2.05, 4.69) is 26.0 Å². The lowest BCUT2D eigenvalue weighted by molar-refractivity contribution is -0.194. The largest absolute Gasteiger partial charge is 0.462 e. The SMILES string of the molecule is CCCCC(C)[C@@H](C=C[C@@H]1[C@H]2CC(=O)O[C@H]2C[C@H]1OC1CCCCO1)OC1CCCCO1. The molecule has 3 aliphatic heterocycles. The molecule has 3 unspecified atom stereocenters. The van der Waals surface area contributed by atoms with Gasteiger partial charge in [0.05, 0.1) is 18.6 Å². The van der Waals surface area contributed by atoms with Crippen LogP contribution in [0.3, 0.4) is 0 Å². The van der Waals surface area contributed by atoms with Crippen LogP contribution in [0.4, 0.5) is 0 Å². The average molecular weight is 451 g/mol. The van der Waals surface area contributed by atoms with Crippen molar-refractivity contribution in [2.75, 3.05) is 13.2 Å². The highest BCUT2D eigenvalue weighted by Gasteiger charge is 2.50. The molecule has 6 heteroatoms. The van der Waals surface area contributed by atoms with Crippen molar-refractivity contribution >= 4 is 5.97 Å². The maximum atomic E-state index is 12.0. The van der Waals surface area contributed by atoms with Gasteiger partial charge in [-0.05, 0) is 50.9 Å². The standard InChI is InChI=1S/C26H42O6/c1-3-4-9-18(2)21(31-25-10-5-7-14-28-25)13-12-19-20-16-24(27)30-23(20)17-22(19)32-26-11-6-8-15-29-26/h12-13,18-23,25-26H,3-11,14-17H2,1-2H3/t18?,19-,20-,21-,22-,23+,25?,26?/m1/s1. The van der Waals surface area contributed by atoms with Crippen molar-refractivity contribution in [2.24, 2.45) is 17.8 Å². The number of carbonyl (C=O) groups excluding carboxylic acids is 1. The van der Waals surface area contributed by atoms with E-state index in [1.807, 2.05) is 0 Å². The summed E-state index contributed by atoms with van der Waals surface area (Å²) in [7, 11) is 0. The highest BCUT2D eigenvalue weighted by Crippen LogP contribution is 2.44. The Hall–Kier alpha value is -0.950. The molecular formula is C26H42O6. The maximum Gasteiger partial charge on any atom is 0.306 e. The zero-order valence-electron chi connectivity index (χ0n) is 19.9. The Labute approximate surface area is 193 Å². The summed E-state index contributed by atoms with van der Waals surface area (Å²) in [4.78, 5) is 12.0. The van der Waals surface area contributed by atoms with Crippen LogP contribution < -0.4 is 0 Å². The first kappa shape index (κ1) is 24.2. The van der Waals surface area contributed by atoms with E-state index in [4.69, 9.17) is 23.7 Å². The van der Waals surface area contributed by atoms with Crippen LogP contribution in [-0.4, -0.2) is 50.1 Å². The molecule has 6 nitrogen and oxygen atoms in total. The number of fused-ring (bicyclic) bond motifs is 1. The van der Waals surface area contributed by atoms with Crippen LogP contribution in [0.5, 0.6) is 0 Å². The molecule has 3 heterocycles. The van der Waals surface area contributed by atoms with Crippen LogP contribution in [0.1, 0.15) is 84.5 Å². The zero-order valence-corrected chi connectivity index (χ0v) is 19.9. The Morgan fingerprint density at radius 2 is 1.84 bits per heavy atom. The van der Waals surface area contributed by atoms with Gasteiger partial charge in [-0.2, -0.15) is 0 Å². The summed E-state index contributed by atoms with van der Waals surface area (Å²) >= 11 is 0. The van der Waals surface area contributed by atoms with E-state index in [9.17, 15) is 4.79 Å². The second-order valence-electron chi connectivity index (χ2n) is 10.1. The average Bonchev–Trinajstić information content (AvgIpc) is 3.31. The third kappa shape index (κ3) is 6.34. The molecule has 0 amide bonds. The summed E-state index contributed by atoms with van der Waals surface area (Å²) < 4.78 is 30.2. The highest BCUT2D eigenvalue weighted by atomic mass is 16.7. The van der Waals surface area contributed by atoms with Gasteiger partial charge in [0.15, 0.2) is 12.6 Å². The van der Waals surface area contributed by atoms with Gasteiger partial charge in [-0.3, -0.25) is 4.79 Å². The van der Waals surface area contributed by atoms with Gasteiger partial charge in [-0.25, -0.2) is 0 Å². The van der Waals surface area contributed by atoms with Crippen LogP contribution in [0.2, 0.25) is 0 Å².